The number of hydrogen-bond donors (Lipinski definition) is 4. The molecule has 5 N–H and O–H groups in total. The molecule has 3 atom stereocenters. The molecule has 0 fully saturated rings. The standard InChI is InChI=1S/C16H30N4O5/c1-7-9(2)12(13(17)22)20-14(23)10(3)19-11(21)8-18-15(24)25-16(4,5)6/h9-10,12H,7-8H2,1-6H3,(H2,17,22)(H,18,24)(H,19,21)(H,20,23)/t9-,10+,12-/m0/s1. The summed E-state index contributed by atoms with van der Waals surface area (Å²) in [7, 11) is 0. The zero-order valence-electron chi connectivity index (χ0n) is 15.8. The number of carbonyl (C=O) groups is 4. The van der Waals surface area contributed by atoms with E-state index in [1.165, 1.54) is 6.92 Å². The topological polar surface area (TPSA) is 140 Å². The van der Waals surface area contributed by atoms with Crippen molar-refractivity contribution >= 4 is 23.8 Å². The Bertz CT molecular complexity index is 501. The lowest BCUT2D eigenvalue weighted by Gasteiger charge is -2.23. The monoisotopic (exact) mass is 358 g/mol. The molecule has 0 bridgehead atoms. The predicted molar refractivity (Wildman–Crippen MR) is 92.4 cm³/mol. The molecule has 144 valence electrons. The molecule has 25 heavy (non-hydrogen) atoms. The number of ether oxygens (including phenoxy) is 1. The van der Waals surface area contributed by atoms with Crippen LogP contribution in [0.3, 0.4) is 0 Å². The minimum absolute atomic E-state index is 0.127. The van der Waals surface area contributed by atoms with Crippen molar-refractivity contribution in [1.29, 1.82) is 0 Å². The summed E-state index contributed by atoms with van der Waals surface area (Å²) >= 11 is 0. The molecular formula is C16H30N4O5. The highest BCUT2D eigenvalue weighted by atomic mass is 16.6. The summed E-state index contributed by atoms with van der Waals surface area (Å²) in [4.78, 5) is 46.8. The van der Waals surface area contributed by atoms with Crippen LogP contribution in [0.5, 0.6) is 0 Å². The second-order valence-electron chi connectivity index (χ2n) is 6.92. The van der Waals surface area contributed by atoms with E-state index in [2.05, 4.69) is 16.0 Å². The number of alkyl carbamates (subject to hydrolysis) is 1. The Hall–Kier alpha value is -2.32. The van der Waals surface area contributed by atoms with Gasteiger partial charge in [0.15, 0.2) is 0 Å². The maximum atomic E-state index is 12.1. The van der Waals surface area contributed by atoms with Crippen LogP contribution in [0.4, 0.5) is 4.79 Å². The van der Waals surface area contributed by atoms with Gasteiger partial charge in [0.2, 0.25) is 17.7 Å². The zero-order valence-corrected chi connectivity index (χ0v) is 15.8. The highest BCUT2D eigenvalue weighted by Gasteiger charge is 2.26. The van der Waals surface area contributed by atoms with E-state index in [0.29, 0.717) is 6.42 Å². The Morgan fingerprint density at radius 1 is 1.08 bits per heavy atom. The smallest absolute Gasteiger partial charge is 0.408 e. The van der Waals surface area contributed by atoms with Crippen molar-refractivity contribution in [3.05, 3.63) is 0 Å². The molecule has 0 aromatic carbocycles. The molecule has 9 nitrogen and oxygen atoms in total. The largest absolute Gasteiger partial charge is 0.444 e. The van der Waals surface area contributed by atoms with E-state index < -0.39 is 41.5 Å². The van der Waals surface area contributed by atoms with Gasteiger partial charge in [-0.3, -0.25) is 14.4 Å². The van der Waals surface area contributed by atoms with Crippen molar-refractivity contribution in [1.82, 2.24) is 16.0 Å². The van der Waals surface area contributed by atoms with Crippen LogP contribution in [-0.4, -0.2) is 48.0 Å². The Balaban J connectivity index is 4.44. The quantitative estimate of drug-likeness (QED) is 0.485. The number of primary amides is 1. The fraction of sp³-hybridized carbons (Fsp3) is 0.750. The van der Waals surface area contributed by atoms with Gasteiger partial charge in [-0.1, -0.05) is 20.3 Å². The summed E-state index contributed by atoms with van der Waals surface area (Å²) < 4.78 is 5.00. The Morgan fingerprint density at radius 3 is 2.08 bits per heavy atom. The normalized spacial score (nSPS) is 14.6. The third kappa shape index (κ3) is 9.53. The van der Waals surface area contributed by atoms with E-state index in [-0.39, 0.29) is 12.5 Å². The number of rotatable bonds is 8. The van der Waals surface area contributed by atoms with Gasteiger partial charge in [0.25, 0.3) is 0 Å². The maximum Gasteiger partial charge on any atom is 0.408 e. The molecule has 0 aromatic heterocycles. The van der Waals surface area contributed by atoms with Gasteiger partial charge in [-0.05, 0) is 33.6 Å². The van der Waals surface area contributed by atoms with Crippen molar-refractivity contribution in [2.75, 3.05) is 6.54 Å². The maximum absolute atomic E-state index is 12.1. The summed E-state index contributed by atoms with van der Waals surface area (Å²) in [5.41, 5.74) is 4.62. The Morgan fingerprint density at radius 2 is 1.64 bits per heavy atom. The molecule has 0 aliphatic rings. The molecule has 0 saturated carbocycles. The average molecular weight is 358 g/mol. The van der Waals surface area contributed by atoms with Crippen LogP contribution in [0, 0.1) is 5.92 Å². The van der Waals surface area contributed by atoms with Crippen LogP contribution in [0.2, 0.25) is 0 Å². The SMILES string of the molecule is CC[C@H](C)[C@H](NC(=O)[C@@H](C)NC(=O)CNC(=O)OC(C)(C)C)C(N)=O. The molecule has 0 aliphatic heterocycles. The average Bonchev–Trinajstić information content (AvgIpc) is 2.47. The molecular weight excluding hydrogens is 328 g/mol. The molecule has 0 aromatic rings. The van der Waals surface area contributed by atoms with E-state index in [4.69, 9.17) is 10.5 Å². The van der Waals surface area contributed by atoms with Crippen molar-refractivity contribution in [3.8, 4) is 0 Å². The summed E-state index contributed by atoms with van der Waals surface area (Å²) in [5, 5.41) is 7.24. The zero-order chi connectivity index (χ0) is 19.8. The second kappa shape index (κ2) is 9.85. The van der Waals surface area contributed by atoms with Crippen molar-refractivity contribution < 1.29 is 23.9 Å². The van der Waals surface area contributed by atoms with Crippen LogP contribution >= 0.6 is 0 Å². The van der Waals surface area contributed by atoms with Crippen LogP contribution in [0.1, 0.15) is 48.0 Å². The molecule has 0 heterocycles. The summed E-state index contributed by atoms with van der Waals surface area (Å²) in [6, 6.07) is -1.70. The first kappa shape index (κ1) is 22.7. The lowest BCUT2D eigenvalue weighted by molar-refractivity contribution is -0.131. The fourth-order valence-electron chi connectivity index (χ4n) is 1.83. The number of nitrogens with two attached hydrogens (primary N) is 1. The van der Waals surface area contributed by atoms with E-state index in [0.717, 1.165) is 0 Å². The number of carbonyl (C=O) groups excluding carboxylic acids is 4. The number of hydrogen-bond acceptors (Lipinski definition) is 5. The molecule has 0 spiro atoms. The highest BCUT2D eigenvalue weighted by Crippen LogP contribution is 2.07. The van der Waals surface area contributed by atoms with Crippen molar-refractivity contribution in [2.24, 2.45) is 11.7 Å². The molecule has 9 heteroatoms. The van der Waals surface area contributed by atoms with Crippen LogP contribution in [0.25, 0.3) is 0 Å². The number of nitrogens with one attached hydrogen (secondary N) is 3. The molecule has 0 rings (SSSR count). The highest BCUT2D eigenvalue weighted by molar-refractivity contribution is 5.92. The van der Waals surface area contributed by atoms with Gasteiger partial charge in [0, 0.05) is 0 Å². The van der Waals surface area contributed by atoms with Gasteiger partial charge in [0.05, 0.1) is 0 Å². The predicted octanol–water partition coefficient (Wildman–Crippen LogP) is 0.0320. The Kier molecular flexibility index (Phi) is 8.94. The van der Waals surface area contributed by atoms with E-state index in [1.807, 2.05) is 6.92 Å². The minimum Gasteiger partial charge on any atom is -0.444 e. The Labute approximate surface area is 148 Å². The van der Waals surface area contributed by atoms with Crippen molar-refractivity contribution in [3.63, 3.8) is 0 Å². The van der Waals surface area contributed by atoms with E-state index in [1.54, 1.807) is 27.7 Å². The van der Waals surface area contributed by atoms with Gasteiger partial charge in [-0.15, -0.1) is 0 Å². The van der Waals surface area contributed by atoms with Gasteiger partial charge >= 0.3 is 6.09 Å². The molecule has 0 radical (unpaired) electrons. The first-order valence-electron chi connectivity index (χ1n) is 8.23. The van der Waals surface area contributed by atoms with Gasteiger partial charge in [0.1, 0.15) is 24.2 Å². The summed E-state index contributed by atoms with van der Waals surface area (Å²) in [6.45, 7) is 9.90. The fourth-order valence-corrected chi connectivity index (χ4v) is 1.83. The molecule has 4 amide bonds. The third-order valence-corrected chi connectivity index (χ3v) is 3.38. The molecule has 0 unspecified atom stereocenters. The lowest BCUT2D eigenvalue weighted by atomic mass is 9.98. The van der Waals surface area contributed by atoms with Crippen LogP contribution in [-0.2, 0) is 19.1 Å². The first-order valence-corrected chi connectivity index (χ1v) is 8.23. The third-order valence-electron chi connectivity index (χ3n) is 3.38. The first-order chi connectivity index (χ1) is 11.4. The van der Waals surface area contributed by atoms with Gasteiger partial charge in [-0.25, -0.2) is 4.79 Å². The summed E-state index contributed by atoms with van der Waals surface area (Å²) in [5.74, 6) is -1.85. The van der Waals surface area contributed by atoms with Crippen molar-refractivity contribution in [2.45, 2.75) is 65.6 Å². The second-order valence-corrected chi connectivity index (χ2v) is 6.92. The minimum atomic E-state index is -0.890. The lowest BCUT2D eigenvalue weighted by Crippen LogP contribution is -2.54. The van der Waals surface area contributed by atoms with Crippen LogP contribution < -0.4 is 21.7 Å². The molecule has 0 saturated heterocycles. The van der Waals surface area contributed by atoms with Gasteiger partial charge in [-0.2, -0.15) is 0 Å². The van der Waals surface area contributed by atoms with E-state index in [9.17, 15) is 19.2 Å². The van der Waals surface area contributed by atoms with Gasteiger partial charge < -0.3 is 26.4 Å². The van der Waals surface area contributed by atoms with Crippen LogP contribution in [0.15, 0.2) is 0 Å². The number of amides is 4. The summed E-state index contributed by atoms with van der Waals surface area (Å²) in [6.07, 6.45) is -0.0700. The van der Waals surface area contributed by atoms with E-state index >= 15 is 0 Å². The molecule has 0 aliphatic carbocycles.